The number of hydrogen-bond acceptors (Lipinski definition) is 3. The minimum atomic E-state index is -0.333. The van der Waals surface area contributed by atoms with Crippen molar-refractivity contribution in [3.63, 3.8) is 0 Å². The average molecular weight is 367 g/mol. The van der Waals surface area contributed by atoms with Gasteiger partial charge in [-0.05, 0) is 55.9 Å². The van der Waals surface area contributed by atoms with Crippen LogP contribution < -0.4 is 20.7 Å². The van der Waals surface area contributed by atoms with Gasteiger partial charge in [-0.2, -0.15) is 0 Å². The van der Waals surface area contributed by atoms with Crippen molar-refractivity contribution in [3.05, 3.63) is 70.9 Å². The van der Waals surface area contributed by atoms with Crippen molar-refractivity contribution < 1.29 is 9.53 Å². The normalized spacial score (nSPS) is 16.6. The van der Waals surface area contributed by atoms with Gasteiger partial charge >= 0.3 is 0 Å². The van der Waals surface area contributed by atoms with Crippen LogP contribution in [-0.4, -0.2) is 18.1 Å². The molecule has 0 aromatic heterocycles. The fourth-order valence-electron chi connectivity index (χ4n) is 2.88. The minimum absolute atomic E-state index is 0.172. The predicted octanol–water partition coefficient (Wildman–Crippen LogP) is 3.44. The molecule has 6 heteroatoms. The van der Waals surface area contributed by atoms with Crippen LogP contribution in [0.1, 0.15) is 24.1 Å². The molecular formula is C20H21N3O2S. The summed E-state index contributed by atoms with van der Waals surface area (Å²) in [5, 5.41) is 9.69. The van der Waals surface area contributed by atoms with Gasteiger partial charge < -0.3 is 20.7 Å². The van der Waals surface area contributed by atoms with E-state index in [9.17, 15) is 4.79 Å². The van der Waals surface area contributed by atoms with Crippen molar-refractivity contribution in [2.45, 2.75) is 19.9 Å². The molecule has 3 rings (SSSR count). The minimum Gasteiger partial charge on any atom is -0.497 e. The molecule has 0 saturated carbocycles. The van der Waals surface area contributed by atoms with Gasteiger partial charge in [-0.15, -0.1) is 0 Å². The van der Waals surface area contributed by atoms with Crippen LogP contribution in [0.15, 0.2) is 59.8 Å². The van der Waals surface area contributed by atoms with Gasteiger partial charge in [0, 0.05) is 11.4 Å². The van der Waals surface area contributed by atoms with E-state index in [-0.39, 0.29) is 11.9 Å². The fourth-order valence-corrected chi connectivity index (χ4v) is 3.15. The lowest BCUT2D eigenvalue weighted by Gasteiger charge is -2.30. The van der Waals surface area contributed by atoms with E-state index in [0.717, 1.165) is 28.3 Å². The molecule has 1 heterocycles. The number of methoxy groups -OCH3 is 1. The standard InChI is InChI=1S/C20H21N3O2S/c1-12-4-8-15(9-5-12)22-19(24)17-13(2)21-20(26)23-18(17)14-6-10-16(25-3)11-7-14/h4-11,18H,1-3H3,(H,22,24)(H2,21,23,26)/t18-/m0/s1. The molecule has 1 atom stereocenters. The third-order valence-corrected chi connectivity index (χ3v) is 4.49. The van der Waals surface area contributed by atoms with Gasteiger partial charge in [0.15, 0.2) is 5.11 Å². The van der Waals surface area contributed by atoms with E-state index < -0.39 is 0 Å². The molecule has 5 nitrogen and oxygen atoms in total. The van der Waals surface area contributed by atoms with Gasteiger partial charge in [0.05, 0.1) is 18.7 Å². The molecule has 26 heavy (non-hydrogen) atoms. The highest BCUT2D eigenvalue weighted by Crippen LogP contribution is 2.29. The van der Waals surface area contributed by atoms with E-state index in [1.807, 2.05) is 62.4 Å². The van der Waals surface area contributed by atoms with Crippen molar-refractivity contribution in [2.24, 2.45) is 0 Å². The van der Waals surface area contributed by atoms with Crippen molar-refractivity contribution in [2.75, 3.05) is 12.4 Å². The van der Waals surface area contributed by atoms with E-state index in [4.69, 9.17) is 17.0 Å². The van der Waals surface area contributed by atoms with Crippen LogP contribution in [0.25, 0.3) is 0 Å². The Morgan fingerprint density at radius 1 is 1.08 bits per heavy atom. The Hall–Kier alpha value is -2.86. The van der Waals surface area contributed by atoms with E-state index in [1.165, 1.54) is 0 Å². The van der Waals surface area contributed by atoms with Crippen LogP contribution in [0.5, 0.6) is 5.75 Å². The van der Waals surface area contributed by atoms with Crippen LogP contribution in [0.2, 0.25) is 0 Å². The van der Waals surface area contributed by atoms with Gasteiger partial charge in [0.2, 0.25) is 0 Å². The Bertz CT molecular complexity index is 858. The number of nitrogens with one attached hydrogen (secondary N) is 3. The average Bonchev–Trinajstić information content (AvgIpc) is 2.63. The maximum absolute atomic E-state index is 13.0. The zero-order chi connectivity index (χ0) is 18.7. The monoisotopic (exact) mass is 367 g/mol. The van der Waals surface area contributed by atoms with Gasteiger partial charge in [0.25, 0.3) is 5.91 Å². The summed E-state index contributed by atoms with van der Waals surface area (Å²) in [5.41, 5.74) is 4.16. The molecule has 1 amide bonds. The molecule has 0 unspecified atom stereocenters. The topological polar surface area (TPSA) is 62.4 Å². The number of carbonyl (C=O) groups is 1. The van der Waals surface area contributed by atoms with Crippen molar-refractivity contribution >= 4 is 28.9 Å². The highest BCUT2D eigenvalue weighted by atomic mass is 32.1. The van der Waals surface area contributed by atoms with Crippen LogP contribution in [-0.2, 0) is 4.79 Å². The highest BCUT2D eigenvalue weighted by Gasteiger charge is 2.29. The van der Waals surface area contributed by atoms with E-state index in [1.54, 1.807) is 7.11 Å². The molecule has 0 bridgehead atoms. The number of hydrogen-bond donors (Lipinski definition) is 3. The third-order valence-electron chi connectivity index (χ3n) is 4.27. The molecule has 1 aliphatic rings. The van der Waals surface area contributed by atoms with Gasteiger partial charge in [0.1, 0.15) is 5.75 Å². The molecule has 134 valence electrons. The largest absolute Gasteiger partial charge is 0.497 e. The SMILES string of the molecule is COc1ccc([C@@H]2NC(=S)NC(C)=C2C(=O)Nc2ccc(C)cc2)cc1. The summed E-state index contributed by atoms with van der Waals surface area (Å²) in [6, 6.07) is 15.0. The Balaban J connectivity index is 1.91. The zero-order valence-electron chi connectivity index (χ0n) is 14.9. The third kappa shape index (κ3) is 3.86. The second-order valence-corrected chi connectivity index (χ2v) is 6.57. The molecule has 0 aliphatic carbocycles. The first-order chi connectivity index (χ1) is 12.5. The highest BCUT2D eigenvalue weighted by molar-refractivity contribution is 7.80. The van der Waals surface area contributed by atoms with Crippen molar-refractivity contribution in [3.8, 4) is 5.75 Å². The Labute approximate surface area is 158 Å². The molecule has 2 aromatic rings. The molecule has 2 aromatic carbocycles. The summed E-state index contributed by atoms with van der Waals surface area (Å²) in [4.78, 5) is 13.0. The molecular weight excluding hydrogens is 346 g/mol. The van der Waals surface area contributed by atoms with Crippen LogP contribution in [0.3, 0.4) is 0 Å². The number of rotatable bonds is 4. The quantitative estimate of drug-likeness (QED) is 0.723. The molecule has 0 spiro atoms. The van der Waals surface area contributed by atoms with E-state index in [0.29, 0.717) is 10.7 Å². The number of allylic oxidation sites excluding steroid dienone is 1. The molecule has 0 fully saturated rings. The number of amides is 1. The lowest BCUT2D eigenvalue weighted by molar-refractivity contribution is -0.113. The maximum Gasteiger partial charge on any atom is 0.255 e. The second-order valence-electron chi connectivity index (χ2n) is 6.16. The van der Waals surface area contributed by atoms with Crippen LogP contribution in [0.4, 0.5) is 5.69 Å². The number of anilines is 1. The first-order valence-electron chi connectivity index (χ1n) is 8.28. The first-order valence-corrected chi connectivity index (χ1v) is 8.69. The molecule has 3 N–H and O–H groups in total. The van der Waals surface area contributed by atoms with Crippen molar-refractivity contribution in [1.29, 1.82) is 0 Å². The summed E-state index contributed by atoms with van der Waals surface area (Å²) < 4.78 is 5.21. The first kappa shape index (κ1) is 17.9. The molecule has 1 aliphatic heterocycles. The smallest absolute Gasteiger partial charge is 0.255 e. The van der Waals surface area contributed by atoms with Gasteiger partial charge in [-0.1, -0.05) is 29.8 Å². The fraction of sp³-hybridized carbons (Fsp3) is 0.200. The summed E-state index contributed by atoms with van der Waals surface area (Å²) in [6.45, 7) is 3.86. The number of carbonyl (C=O) groups excluding carboxylic acids is 1. The number of thiocarbonyl (C=S) groups is 1. The second kappa shape index (κ2) is 7.58. The van der Waals surface area contributed by atoms with Gasteiger partial charge in [-0.25, -0.2) is 0 Å². The Morgan fingerprint density at radius 2 is 1.73 bits per heavy atom. The summed E-state index contributed by atoms with van der Waals surface area (Å²) in [6.07, 6.45) is 0. The maximum atomic E-state index is 13.0. The predicted molar refractivity (Wildman–Crippen MR) is 107 cm³/mol. The Kier molecular flexibility index (Phi) is 5.23. The van der Waals surface area contributed by atoms with E-state index in [2.05, 4.69) is 16.0 Å². The van der Waals surface area contributed by atoms with Crippen LogP contribution >= 0.6 is 12.2 Å². The summed E-state index contributed by atoms with van der Waals surface area (Å²) in [5.74, 6) is 0.589. The lowest BCUT2D eigenvalue weighted by atomic mass is 9.95. The number of ether oxygens (including phenoxy) is 1. The number of aryl methyl sites for hydroxylation is 1. The zero-order valence-corrected chi connectivity index (χ0v) is 15.7. The molecule has 0 saturated heterocycles. The lowest BCUT2D eigenvalue weighted by Crippen LogP contribution is -2.45. The van der Waals surface area contributed by atoms with Gasteiger partial charge in [-0.3, -0.25) is 4.79 Å². The summed E-state index contributed by atoms with van der Waals surface area (Å²) >= 11 is 5.28. The molecule has 0 radical (unpaired) electrons. The van der Waals surface area contributed by atoms with Crippen molar-refractivity contribution in [1.82, 2.24) is 10.6 Å². The summed E-state index contributed by atoms with van der Waals surface area (Å²) in [7, 11) is 1.62. The van der Waals surface area contributed by atoms with E-state index >= 15 is 0 Å². The van der Waals surface area contributed by atoms with Crippen LogP contribution in [0, 0.1) is 6.92 Å². The number of benzene rings is 2. The Morgan fingerprint density at radius 3 is 2.35 bits per heavy atom.